The quantitative estimate of drug-likeness (QED) is 0.627. The summed E-state index contributed by atoms with van der Waals surface area (Å²) in [4.78, 5) is 13.0. The summed E-state index contributed by atoms with van der Waals surface area (Å²) in [6.45, 7) is 4.84. The van der Waals surface area contributed by atoms with Gasteiger partial charge in [-0.05, 0) is 79.1 Å². The third kappa shape index (κ3) is 3.23. The lowest BCUT2D eigenvalue weighted by Crippen LogP contribution is -2.51. The molecule has 30 heavy (non-hydrogen) atoms. The Balaban J connectivity index is 1.38. The number of carbonyl (C=O) groups is 1. The van der Waals surface area contributed by atoms with Crippen molar-refractivity contribution >= 4 is 17.5 Å². The predicted molar refractivity (Wildman–Crippen MR) is 124 cm³/mol. The van der Waals surface area contributed by atoms with Crippen molar-refractivity contribution in [2.45, 2.75) is 77.1 Å². The summed E-state index contributed by atoms with van der Waals surface area (Å²) in [6.07, 6.45) is 8.58. The molecule has 0 saturated heterocycles. The topological polar surface area (TPSA) is 37.3 Å². The normalized spacial score (nSPS) is 40.7. The molecule has 0 radical (unpaired) electrons. The second-order valence-corrected chi connectivity index (χ2v) is 11.8. The van der Waals surface area contributed by atoms with Crippen LogP contribution in [-0.2, 0) is 10.5 Å². The second kappa shape index (κ2) is 7.81. The number of hydrogen-bond acceptors (Lipinski definition) is 3. The summed E-state index contributed by atoms with van der Waals surface area (Å²) < 4.78 is 0. The predicted octanol–water partition coefficient (Wildman–Crippen LogP) is 6.18. The van der Waals surface area contributed by atoms with E-state index in [9.17, 15) is 9.90 Å². The number of Topliss-reactive ketones (excluding diaryl/α,β-unsaturated/α-hetero) is 1. The number of ketones is 1. The third-order valence-corrected chi connectivity index (χ3v) is 10.6. The first kappa shape index (κ1) is 20.8. The maximum atomic E-state index is 13.0. The van der Waals surface area contributed by atoms with Crippen molar-refractivity contribution in [1.29, 1.82) is 0 Å². The molecule has 0 spiro atoms. The van der Waals surface area contributed by atoms with E-state index in [4.69, 9.17) is 0 Å². The van der Waals surface area contributed by atoms with Crippen LogP contribution < -0.4 is 0 Å². The monoisotopic (exact) mass is 424 g/mol. The smallest absolute Gasteiger partial charge is 0.159 e. The van der Waals surface area contributed by atoms with E-state index < -0.39 is 0 Å². The van der Waals surface area contributed by atoms with Gasteiger partial charge in [-0.15, -0.1) is 0 Å². The Morgan fingerprint density at radius 1 is 0.967 bits per heavy atom. The Hall–Kier alpha value is -1.06. The first-order chi connectivity index (χ1) is 14.4. The van der Waals surface area contributed by atoms with E-state index in [1.807, 2.05) is 11.8 Å². The van der Waals surface area contributed by atoms with Gasteiger partial charge in [0, 0.05) is 23.5 Å². The highest BCUT2D eigenvalue weighted by atomic mass is 32.2. The summed E-state index contributed by atoms with van der Waals surface area (Å²) >= 11 is 1.90. The summed E-state index contributed by atoms with van der Waals surface area (Å²) in [5.74, 6) is 4.38. The van der Waals surface area contributed by atoms with Gasteiger partial charge in [-0.3, -0.25) is 4.79 Å². The molecule has 1 aromatic rings. The van der Waals surface area contributed by atoms with E-state index in [1.54, 1.807) is 0 Å². The Morgan fingerprint density at radius 2 is 1.77 bits per heavy atom. The van der Waals surface area contributed by atoms with Crippen LogP contribution in [0.15, 0.2) is 41.5 Å². The van der Waals surface area contributed by atoms with E-state index in [-0.39, 0.29) is 16.9 Å². The summed E-state index contributed by atoms with van der Waals surface area (Å²) in [5, 5.41) is 10.7. The van der Waals surface area contributed by atoms with E-state index in [2.05, 4.69) is 44.2 Å². The number of benzene rings is 1. The zero-order valence-corrected chi connectivity index (χ0v) is 19.3. The van der Waals surface area contributed by atoms with Crippen molar-refractivity contribution in [3.8, 4) is 0 Å². The average molecular weight is 425 g/mol. The highest BCUT2D eigenvalue weighted by molar-refractivity contribution is 7.98. The summed E-state index contributed by atoms with van der Waals surface area (Å²) in [7, 11) is 0. The van der Waals surface area contributed by atoms with Crippen molar-refractivity contribution in [1.82, 2.24) is 0 Å². The van der Waals surface area contributed by atoms with Crippen molar-refractivity contribution in [2.24, 2.45) is 28.6 Å². The highest BCUT2D eigenvalue weighted by Crippen LogP contribution is 2.65. The van der Waals surface area contributed by atoms with Crippen molar-refractivity contribution in [2.75, 3.05) is 5.75 Å². The van der Waals surface area contributed by atoms with Gasteiger partial charge in [0.1, 0.15) is 0 Å². The SMILES string of the molecule is C[C@]12CC[C@H]3[C@@H](CCC4=C(CSCc5ccccc5)C(=O)CC[C@@]43C)[C@@H]1CC[C@@H]2O. The fourth-order valence-electron chi connectivity index (χ4n) is 7.81. The standard InChI is InChI=1S/C27H36O2S/c1-26-15-13-24(28)20(17-30-16-18-6-4-3-5-7-18)22(26)9-8-19-21-10-11-25(29)27(21,2)14-12-23(19)26/h3-7,19,21,23,25,29H,8-17H2,1-2H3/t19-,21-,23-,25-,26-,27-/m0/s1. The van der Waals surface area contributed by atoms with Crippen LogP contribution in [0.25, 0.3) is 0 Å². The average Bonchev–Trinajstić information content (AvgIpc) is 3.05. The third-order valence-electron chi connectivity index (χ3n) is 9.55. The summed E-state index contributed by atoms with van der Waals surface area (Å²) in [6, 6.07) is 10.6. The number of thioether (sulfide) groups is 1. The molecule has 4 aliphatic carbocycles. The minimum absolute atomic E-state index is 0.105. The van der Waals surface area contributed by atoms with Crippen LogP contribution in [0, 0.1) is 28.6 Å². The summed E-state index contributed by atoms with van der Waals surface area (Å²) in [5.41, 5.74) is 4.37. The molecule has 4 aliphatic rings. The Kier molecular flexibility index (Phi) is 5.42. The fraction of sp³-hybridized carbons (Fsp3) is 0.667. The van der Waals surface area contributed by atoms with E-state index >= 15 is 0 Å². The van der Waals surface area contributed by atoms with Gasteiger partial charge in [-0.2, -0.15) is 11.8 Å². The second-order valence-electron chi connectivity index (χ2n) is 10.8. The molecule has 3 fully saturated rings. The van der Waals surface area contributed by atoms with Crippen LogP contribution in [0.4, 0.5) is 0 Å². The molecule has 0 aromatic heterocycles. The van der Waals surface area contributed by atoms with E-state index in [0.29, 0.717) is 17.6 Å². The number of aliphatic hydroxyl groups excluding tert-OH is 1. The first-order valence-electron chi connectivity index (χ1n) is 12.0. The van der Waals surface area contributed by atoms with Crippen LogP contribution in [0.2, 0.25) is 0 Å². The van der Waals surface area contributed by atoms with Crippen LogP contribution in [0.3, 0.4) is 0 Å². The molecule has 0 bridgehead atoms. The molecular formula is C27H36O2S. The number of rotatable bonds is 4. The Labute approximate surface area is 185 Å². The molecule has 3 saturated carbocycles. The lowest BCUT2D eigenvalue weighted by molar-refractivity contribution is -0.119. The van der Waals surface area contributed by atoms with Gasteiger partial charge in [0.05, 0.1) is 6.10 Å². The van der Waals surface area contributed by atoms with Gasteiger partial charge in [0.25, 0.3) is 0 Å². The number of aliphatic hydroxyl groups is 1. The number of allylic oxidation sites excluding steroid dienone is 1. The van der Waals surface area contributed by atoms with Crippen LogP contribution in [0.1, 0.15) is 70.8 Å². The van der Waals surface area contributed by atoms with Gasteiger partial charge in [-0.1, -0.05) is 49.8 Å². The Morgan fingerprint density at radius 3 is 2.57 bits per heavy atom. The zero-order valence-electron chi connectivity index (χ0n) is 18.5. The Bertz CT molecular complexity index is 846. The lowest BCUT2D eigenvalue weighted by atomic mass is 9.47. The molecular weight excluding hydrogens is 388 g/mol. The van der Waals surface area contributed by atoms with Crippen molar-refractivity contribution in [3.63, 3.8) is 0 Å². The maximum absolute atomic E-state index is 13.0. The van der Waals surface area contributed by atoms with Gasteiger partial charge >= 0.3 is 0 Å². The molecule has 1 aromatic carbocycles. The molecule has 3 heteroatoms. The van der Waals surface area contributed by atoms with Crippen LogP contribution in [-0.4, -0.2) is 22.7 Å². The van der Waals surface area contributed by atoms with Gasteiger partial charge in [0.2, 0.25) is 0 Å². The molecule has 6 atom stereocenters. The zero-order chi connectivity index (χ0) is 20.9. The van der Waals surface area contributed by atoms with Crippen LogP contribution >= 0.6 is 11.8 Å². The lowest BCUT2D eigenvalue weighted by Gasteiger charge is -2.58. The molecule has 162 valence electrons. The number of carbonyl (C=O) groups excluding carboxylic acids is 1. The molecule has 0 unspecified atom stereocenters. The number of fused-ring (bicyclic) bond motifs is 5. The van der Waals surface area contributed by atoms with Gasteiger partial charge in [-0.25, -0.2) is 0 Å². The first-order valence-corrected chi connectivity index (χ1v) is 13.1. The molecule has 0 amide bonds. The number of hydrogen-bond donors (Lipinski definition) is 1. The van der Waals surface area contributed by atoms with Gasteiger partial charge < -0.3 is 5.11 Å². The minimum Gasteiger partial charge on any atom is -0.393 e. The molecule has 0 heterocycles. The van der Waals surface area contributed by atoms with Crippen molar-refractivity contribution in [3.05, 3.63) is 47.0 Å². The molecule has 2 nitrogen and oxygen atoms in total. The van der Waals surface area contributed by atoms with Gasteiger partial charge in [0.15, 0.2) is 5.78 Å². The minimum atomic E-state index is -0.105. The van der Waals surface area contributed by atoms with Crippen molar-refractivity contribution < 1.29 is 9.90 Å². The van der Waals surface area contributed by atoms with Crippen LogP contribution in [0.5, 0.6) is 0 Å². The molecule has 1 N–H and O–H groups in total. The van der Waals surface area contributed by atoms with E-state index in [1.165, 1.54) is 36.0 Å². The molecule has 5 rings (SSSR count). The van der Waals surface area contributed by atoms with E-state index in [0.717, 1.165) is 49.5 Å². The maximum Gasteiger partial charge on any atom is 0.159 e. The largest absolute Gasteiger partial charge is 0.393 e. The molecule has 0 aliphatic heterocycles. The fourth-order valence-corrected chi connectivity index (χ4v) is 8.88. The highest BCUT2D eigenvalue weighted by Gasteiger charge is 2.59.